The second-order valence-corrected chi connectivity index (χ2v) is 5.79. The van der Waals surface area contributed by atoms with Gasteiger partial charge in [0.2, 0.25) is 0 Å². The molecule has 0 spiro atoms. The van der Waals surface area contributed by atoms with Gasteiger partial charge in [-0.3, -0.25) is 0 Å². The molecule has 0 heterocycles. The molecule has 0 amide bonds. The maximum Gasteiger partial charge on any atom is 0.539 e. The molecule has 3 nitrogen and oxygen atoms in total. The summed E-state index contributed by atoms with van der Waals surface area (Å²) in [4.78, 5) is 0. The van der Waals surface area contributed by atoms with Crippen molar-refractivity contribution in [3.8, 4) is 0 Å². The van der Waals surface area contributed by atoms with Crippen LogP contribution in [0.2, 0.25) is 0 Å². The standard InChI is InChI=1S/C9H11F3O3Si/c1-13-16(14-2,15-3)8-5-6(10)4-7(11)9(8)12/h4-5H,1-3H3. The van der Waals surface area contributed by atoms with E-state index in [0.29, 0.717) is 6.07 Å². The van der Waals surface area contributed by atoms with Gasteiger partial charge in [0.05, 0.1) is 5.19 Å². The van der Waals surface area contributed by atoms with Crippen molar-refractivity contribution in [2.24, 2.45) is 0 Å². The minimum Gasteiger partial charge on any atom is -0.373 e. The fourth-order valence-electron chi connectivity index (χ4n) is 1.36. The summed E-state index contributed by atoms with van der Waals surface area (Å²) < 4.78 is 54.3. The van der Waals surface area contributed by atoms with Crippen LogP contribution in [0.1, 0.15) is 0 Å². The highest BCUT2D eigenvalue weighted by Crippen LogP contribution is 2.13. The molecule has 1 aromatic rings. The van der Waals surface area contributed by atoms with E-state index in [0.717, 1.165) is 6.07 Å². The first kappa shape index (κ1) is 13.2. The van der Waals surface area contributed by atoms with Gasteiger partial charge in [-0.2, -0.15) is 0 Å². The van der Waals surface area contributed by atoms with Gasteiger partial charge in [-0.15, -0.1) is 0 Å². The van der Waals surface area contributed by atoms with Crippen LogP contribution in [0.15, 0.2) is 12.1 Å². The lowest BCUT2D eigenvalue weighted by atomic mass is 10.3. The molecule has 0 aliphatic heterocycles. The Labute approximate surface area is 92.1 Å². The summed E-state index contributed by atoms with van der Waals surface area (Å²) in [5.74, 6) is -3.45. The van der Waals surface area contributed by atoms with Gasteiger partial charge in [0.25, 0.3) is 0 Å². The molecule has 0 aliphatic carbocycles. The van der Waals surface area contributed by atoms with Crippen LogP contribution in [-0.4, -0.2) is 30.1 Å². The number of halogens is 3. The number of rotatable bonds is 4. The Balaban J connectivity index is 3.40. The monoisotopic (exact) mass is 252 g/mol. The zero-order valence-corrected chi connectivity index (χ0v) is 10.0. The first-order valence-corrected chi connectivity index (χ1v) is 6.03. The van der Waals surface area contributed by atoms with E-state index in [1.54, 1.807) is 0 Å². The van der Waals surface area contributed by atoms with Gasteiger partial charge in [-0.1, -0.05) is 0 Å². The number of hydrogen-bond donors (Lipinski definition) is 0. The van der Waals surface area contributed by atoms with E-state index >= 15 is 0 Å². The first-order valence-electron chi connectivity index (χ1n) is 4.31. The third-order valence-electron chi connectivity index (χ3n) is 2.13. The molecule has 0 N–H and O–H groups in total. The summed E-state index contributed by atoms with van der Waals surface area (Å²) in [7, 11) is 0.115. The van der Waals surface area contributed by atoms with Crippen LogP contribution in [0.25, 0.3) is 0 Å². The lowest BCUT2D eigenvalue weighted by Crippen LogP contribution is -2.56. The van der Waals surface area contributed by atoms with Crippen molar-refractivity contribution in [3.63, 3.8) is 0 Å². The van der Waals surface area contributed by atoms with E-state index in [4.69, 9.17) is 13.3 Å². The van der Waals surface area contributed by atoms with Gasteiger partial charge in [0, 0.05) is 27.4 Å². The molecule has 0 aromatic heterocycles. The molecule has 1 aromatic carbocycles. The van der Waals surface area contributed by atoms with Crippen molar-refractivity contribution in [3.05, 3.63) is 29.6 Å². The highest BCUT2D eigenvalue weighted by atomic mass is 28.4. The summed E-state index contributed by atoms with van der Waals surface area (Å²) in [6.07, 6.45) is 0. The Morgan fingerprint density at radius 3 is 1.88 bits per heavy atom. The molecular weight excluding hydrogens is 241 g/mol. The van der Waals surface area contributed by atoms with E-state index in [1.807, 2.05) is 0 Å². The largest absolute Gasteiger partial charge is 0.539 e. The van der Waals surface area contributed by atoms with Crippen molar-refractivity contribution >= 4 is 14.0 Å². The number of hydrogen-bond acceptors (Lipinski definition) is 3. The van der Waals surface area contributed by atoms with Gasteiger partial charge in [-0.05, 0) is 6.07 Å². The molecule has 0 bridgehead atoms. The summed E-state index contributed by atoms with van der Waals surface area (Å²) >= 11 is 0. The van der Waals surface area contributed by atoms with E-state index < -0.39 is 26.3 Å². The van der Waals surface area contributed by atoms with Crippen LogP contribution in [0.3, 0.4) is 0 Å². The van der Waals surface area contributed by atoms with E-state index in [9.17, 15) is 13.2 Å². The second-order valence-electron chi connectivity index (χ2n) is 2.92. The molecule has 0 aliphatic rings. The molecule has 0 saturated heterocycles. The van der Waals surface area contributed by atoms with Crippen LogP contribution in [0.4, 0.5) is 13.2 Å². The third kappa shape index (κ3) is 2.12. The molecule has 0 atom stereocenters. The van der Waals surface area contributed by atoms with Crippen molar-refractivity contribution in [1.29, 1.82) is 0 Å². The van der Waals surface area contributed by atoms with Crippen molar-refractivity contribution in [2.75, 3.05) is 21.3 Å². The smallest absolute Gasteiger partial charge is 0.373 e. The van der Waals surface area contributed by atoms with Crippen molar-refractivity contribution < 1.29 is 26.4 Å². The minimum absolute atomic E-state index is 0.363. The van der Waals surface area contributed by atoms with Gasteiger partial charge in [-0.25, -0.2) is 13.2 Å². The Morgan fingerprint density at radius 2 is 1.44 bits per heavy atom. The van der Waals surface area contributed by atoms with Crippen LogP contribution in [-0.2, 0) is 13.3 Å². The van der Waals surface area contributed by atoms with Gasteiger partial charge < -0.3 is 13.3 Å². The average Bonchev–Trinajstić information content (AvgIpc) is 2.28. The van der Waals surface area contributed by atoms with Gasteiger partial charge in [0.1, 0.15) is 5.82 Å². The lowest BCUT2D eigenvalue weighted by molar-refractivity contribution is 0.139. The quantitative estimate of drug-likeness (QED) is 0.595. The molecule has 7 heteroatoms. The Kier molecular flexibility index (Phi) is 4.08. The number of benzene rings is 1. The Bertz CT molecular complexity index is 374. The maximum atomic E-state index is 13.5. The topological polar surface area (TPSA) is 27.7 Å². The normalized spacial score (nSPS) is 11.9. The zero-order valence-electron chi connectivity index (χ0n) is 9.01. The van der Waals surface area contributed by atoms with Gasteiger partial charge in [0.15, 0.2) is 11.6 Å². The molecular formula is C9H11F3O3Si. The fourth-order valence-corrected chi connectivity index (χ4v) is 3.22. The molecule has 0 unspecified atom stereocenters. The molecule has 0 saturated carbocycles. The van der Waals surface area contributed by atoms with E-state index in [2.05, 4.69) is 0 Å². The highest BCUT2D eigenvalue weighted by molar-refractivity contribution is 6.75. The van der Waals surface area contributed by atoms with Crippen LogP contribution in [0.5, 0.6) is 0 Å². The molecule has 1 rings (SSSR count). The Hall–Kier alpha value is -0.893. The predicted octanol–water partition coefficient (Wildman–Crippen LogP) is 1.19. The lowest BCUT2D eigenvalue weighted by Gasteiger charge is -2.24. The summed E-state index contributed by atoms with van der Waals surface area (Å²) in [6, 6.07) is 1.25. The van der Waals surface area contributed by atoms with E-state index in [-0.39, 0.29) is 5.19 Å². The molecule has 16 heavy (non-hydrogen) atoms. The van der Waals surface area contributed by atoms with Crippen LogP contribution < -0.4 is 5.19 Å². The summed E-state index contributed by atoms with van der Waals surface area (Å²) in [5.41, 5.74) is 0. The molecule has 0 radical (unpaired) electrons. The predicted molar refractivity (Wildman–Crippen MR) is 52.7 cm³/mol. The van der Waals surface area contributed by atoms with Gasteiger partial charge >= 0.3 is 8.80 Å². The third-order valence-corrected chi connectivity index (χ3v) is 4.76. The zero-order chi connectivity index (χ0) is 12.3. The summed E-state index contributed by atoms with van der Waals surface area (Å²) in [5, 5.41) is -0.363. The fraction of sp³-hybridized carbons (Fsp3) is 0.333. The van der Waals surface area contributed by atoms with Crippen molar-refractivity contribution in [1.82, 2.24) is 0 Å². The highest BCUT2D eigenvalue weighted by Gasteiger charge is 2.44. The van der Waals surface area contributed by atoms with Crippen LogP contribution in [0, 0.1) is 17.5 Å². The Morgan fingerprint density at radius 1 is 0.938 bits per heavy atom. The maximum absolute atomic E-state index is 13.5. The van der Waals surface area contributed by atoms with Crippen LogP contribution >= 0.6 is 0 Å². The second kappa shape index (κ2) is 4.96. The first-order chi connectivity index (χ1) is 7.50. The SMILES string of the molecule is CO[Si](OC)(OC)c1cc(F)cc(F)c1F. The van der Waals surface area contributed by atoms with Crippen molar-refractivity contribution in [2.45, 2.75) is 0 Å². The van der Waals surface area contributed by atoms with E-state index in [1.165, 1.54) is 21.3 Å². The summed E-state index contributed by atoms with van der Waals surface area (Å²) in [6.45, 7) is 0. The molecule has 90 valence electrons. The average molecular weight is 252 g/mol. The minimum atomic E-state index is -3.56. The molecule has 0 fully saturated rings.